The van der Waals surface area contributed by atoms with E-state index in [0.29, 0.717) is 22.1 Å². The predicted molar refractivity (Wildman–Crippen MR) is 83.4 cm³/mol. The lowest BCUT2D eigenvalue weighted by Crippen LogP contribution is -1.99. The third kappa shape index (κ3) is 4.00. The zero-order chi connectivity index (χ0) is 15.9. The van der Waals surface area contributed by atoms with Crippen molar-refractivity contribution in [3.8, 4) is 17.6 Å². The first-order chi connectivity index (χ1) is 10.6. The van der Waals surface area contributed by atoms with Crippen molar-refractivity contribution in [3.05, 3.63) is 64.4 Å². The highest BCUT2D eigenvalue weighted by Crippen LogP contribution is 2.37. The molecule has 0 N–H and O–H groups in total. The van der Waals surface area contributed by atoms with Gasteiger partial charge >= 0.3 is 0 Å². The van der Waals surface area contributed by atoms with E-state index in [1.54, 1.807) is 30.3 Å². The lowest BCUT2D eigenvalue weighted by molar-refractivity contribution is 0.284. The highest BCUT2D eigenvalue weighted by Gasteiger charge is 2.11. The SMILES string of the molecule is COc1cc(/C=C/C#N)cc(Cl)c1OCc1cccc(F)c1. The Balaban J connectivity index is 2.23. The summed E-state index contributed by atoms with van der Waals surface area (Å²) < 4.78 is 24.1. The number of ether oxygens (including phenoxy) is 2. The van der Waals surface area contributed by atoms with Gasteiger partial charge in [-0.25, -0.2) is 4.39 Å². The van der Waals surface area contributed by atoms with E-state index in [1.165, 1.54) is 25.3 Å². The molecule has 0 spiro atoms. The number of nitrogens with zero attached hydrogens (tertiary/aromatic N) is 1. The first-order valence-corrected chi connectivity index (χ1v) is 6.83. The van der Waals surface area contributed by atoms with Crippen molar-refractivity contribution in [2.24, 2.45) is 0 Å². The minimum atomic E-state index is -0.323. The molecule has 2 rings (SSSR count). The number of rotatable bonds is 5. The summed E-state index contributed by atoms with van der Waals surface area (Å²) in [6, 6.07) is 11.4. The van der Waals surface area contributed by atoms with Crippen molar-refractivity contribution in [1.82, 2.24) is 0 Å². The molecular weight excluding hydrogens is 305 g/mol. The molecule has 0 radical (unpaired) electrons. The molecule has 5 heteroatoms. The highest BCUT2D eigenvalue weighted by molar-refractivity contribution is 6.32. The van der Waals surface area contributed by atoms with Crippen LogP contribution in [-0.2, 0) is 6.61 Å². The van der Waals surface area contributed by atoms with Crippen LogP contribution in [0.25, 0.3) is 6.08 Å². The van der Waals surface area contributed by atoms with Gasteiger partial charge in [0.2, 0.25) is 0 Å². The van der Waals surface area contributed by atoms with E-state index >= 15 is 0 Å². The van der Waals surface area contributed by atoms with Crippen LogP contribution in [-0.4, -0.2) is 7.11 Å². The molecule has 0 saturated heterocycles. The molecule has 3 nitrogen and oxygen atoms in total. The minimum absolute atomic E-state index is 0.168. The molecule has 22 heavy (non-hydrogen) atoms. The molecular formula is C17H13ClFNO2. The molecule has 0 fully saturated rings. The fraction of sp³-hybridized carbons (Fsp3) is 0.118. The molecule has 0 aliphatic rings. The van der Waals surface area contributed by atoms with Crippen molar-refractivity contribution in [2.45, 2.75) is 6.61 Å². The lowest BCUT2D eigenvalue weighted by atomic mass is 10.2. The first-order valence-electron chi connectivity index (χ1n) is 6.45. The van der Waals surface area contributed by atoms with Crippen LogP contribution in [0.3, 0.4) is 0 Å². The van der Waals surface area contributed by atoms with E-state index in [9.17, 15) is 4.39 Å². The summed E-state index contributed by atoms with van der Waals surface area (Å²) in [5, 5.41) is 8.91. The van der Waals surface area contributed by atoms with Gasteiger partial charge in [-0.2, -0.15) is 5.26 Å². The number of hydrogen-bond acceptors (Lipinski definition) is 3. The molecule has 0 saturated carbocycles. The standard InChI is InChI=1S/C17H13ClFNO2/c1-21-16-10-12(5-3-7-20)9-15(18)17(16)22-11-13-4-2-6-14(19)8-13/h2-6,8-10H,11H2,1H3/b5-3+. The molecule has 112 valence electrons. The Bertz CT molecular complexity index is 738. The summed E-state index contributed by atoms with van der Waals surface area (Å²) >= 11 is 6.19. The highest BCUT2D eigenvalue weighted by atomic mass is 35.5. The average molecular weight is 318 g/mol. The number of halogens is 2. The Morgan fingerprint density at radius 2 is 2.14 bits per heavy atom. The van der Waals surface area contributed by atoms with Gasteiger partial charge in [0.05, 0.1) is 18.2 Å². The number of benzene rings is 2. The monoisotopic (exact) mass is 317 g/mol. The summed E-state index contributed by atoms with van der Waals surface area (Å²) in [5.74, 6) is 0.500. The quantitative estimate of drug-likeness (QED) is 0.757. The van der Waals surface area contributed by atoms with Gasteiger partial charge in [-0.15, -0.1) is 0 Å². The molecule has 0 unspecified atom stereocenters. The van der Waals surface area contributed by atoms with Gasteiger partial charge in [0.15, 0.2) is 11.5 Å². The molecule has 0 aromatic heterocycles. The fourth-order valence-electron chi connectivity index (χ4n) is 1.89. The zero-order valence-electron chi connectivity index (χ0n) is 11.8. The van der Waals surface area contributed by atoms with Gasteiger partial charge in [0, 0.05) is 6.08 Å². The normalized spacial score (nSPS) is 10.5. The van der Waals surface area contributed by atoms with E-state index in [1.807, 2.05) is 6.07 Å². The Morgan fingerprint density at radius 1 is 1.32 bits per heavy atom. The van der Waals surface area contributed by atoms with E-state index in [0.717, 1.165) is 5.56 Å². The summed E-state index contributed by atoms with van der Waals surface area (Å²) in [4.78, 5) is 0. The fourth-order valence-corrected chi connectivity index (χ4v) is 2.17. The van der Waals surface area contributed by atoms with Gasteiger partial charge in [0.1, 0.15) is 12.4 Å². The molecule has 0 heterocycles. The van der Waals surface area contributed by atoms with Crippen LogP contribution in [0.15, 0.2) is 42.5 Å². The summed E-state index contributed by atoms with van der Waals surface area (Å²) in [5.41, 5.74) is 1.41. The lowest BCUT2D eigenvalue weighted by Gasteiger charge is -2.13. The van der Waals surface area contributed by atoms with Gasteiger partial charge in [0.25, 0.3) is 0 Å². The van der Waals surface area contributed by atoms with Gasteiger partial charge in [-0.3, -0.25) is 0 Å². The second-order valence-electron chi connectivity index (χ2n) is 4.42. The largest absolute Gasteiger partial charge is 0.493 e. The Hall–Kier alpha value is -2.51. The van der Waals surface area contributed by atoms with Crippen molar-refractivity contribution >= 4 is 17.7 Å². The second-order valence-corrected chi connectivity index (χ2v) is 4.82. The van der Waals surface area contributed by atoms with Crippen molar-refractivity contribution in [3.63, 3.8) is 0 Å². The van der Waals surface area contributed by atoms with Crippen LogP contribution < -0.4 is 9.47 Å². The third-order valence-electron chi connectivity index (χ3n) is 2.87. The van der Waals surface area contributed by atoms with Crippen LogP contribution in [0, 0.1) is 17.1 Å². The van der Waals surface area contributed by atoms with E-state index in [-0.39, 0.29) is 12.4 Å². The molecule has 0 bridgehead atoms. The third-order valence-corrected chi connectivity index (χ3v) is 3.16. The maximum absolute atomic E-state index is 13.1. The Labute approximate surface area is 133 Å². The number of hydrogen-bond donors (Lipinski definition) is 0. The van der Waals surface area contributed by atoms with Crippen LogP contribution >= 0.6 is 11.6 Å². The Kier molecular flexibility index (Phi) is 5.40. The van der Waals surface area contributed by atoms with Crippen LogP contribution in [0.5, 0.6) is 11.5 Å². The van der Waals surface area contributed by atoms with Gasteiger partial charge in [-0.05, 0) is 41.5 Å². The van der Waals surface area contributed by atoms with Crippen LogP contribution in [0.1, 0.15) is 11.1 Å². The molecule has 0 amide bonds. The van der Waals surface area contributed by atoms with Crippen molar-refractivity contribution in [2.75, 3.05) is 7.11 Å². The average Bonchev–Trinajstić information content (AvgIpc) is 2.51. The van der Waals surface area contributed by atoms with Gasteiger partial charge < -0.3 is 9.47 Å². The van der Waals surface area contributed by atoms with E-state index in [4.69, 9.17) is 26.3 Å². The number of nitriles is 1. The predicted octanol–water partition coefficient (Wildman–Crippen LogP) is 4.60. The maximum Gasteiger partial charge on any atom is 0.180 e. The summed E-state index contributed by atoms with van der Waals surface area (Å²) in [6.07, 6.45) is 2.96. The molecule has 0 aliphatic heterocycles. The van der Waals surface area contributed by atoms with Gasteiger partial charge in [-0.1, -0.05) is 23.7 Å². The smallest absolute Gasteiger partial charge is 0.180 e. The Morgan fingerprint density at radius 3 is 2.82 bits per heavy atom. The molecule has 2 aromatic carbocycles. The first kappa shape index (κ1) is 15.9. The van der Waals surface area contributed by atoms with E-state index < -0.39 is 0 Å². The van der Waals surface area contributed by atoms with E-state index in [2.05, 4.69) is 0 Å². The number of allylic oxidation sites excluding steroid dienone is 1. The molecule has 0 atom stereocenters. The van der Waals surface area contributed by atoms with Crippen molar-refractivity contribution in [1.29, 1.82) is 5.26 Å². The molecule has 0 aliphatic carbocycles. The number of methoxy groups -OCH3 is 1. The zero-order valence-corrected chi connectivity index (χ0v) is 12.6. The topological polar surface area (TPSA) is 42.2 Å². The van der Waals surface area contributed by atoms with Crippen LogP contribution in [0.2, 0.25) is 5.02 Å². The summed E-state index contributed by atoms with van der Waals surface area (Å²) in [6.45, 7) is 0.168. The minimum Gasteiger partial charge on any atom is -0.493 e. The summed E-state index contributed by atoms with van der Waals surface area (Å²) in [7, 11) is 1.50. The van der Waals surface area contributed by atoms with Crippen molar-refractivity contribution < 1.29 is 13.9 Å². The maximum atomic E-state index is 13.1. The second kappa shape index (κ2) is 7.48. The van der Waals surface area contributed by atoms with Crippen LogP contribution in [0.4, 0.5) is 4.39 Å². The molecule has 2 aromatic rings.